The van der Waals surface area contributed by atoms with Crippen molar-refractivity contribution >= 4 is 29.5 Å². The maximum Gasteiger partial charge on any atom is 0.316 e. The number of rotatable bonds is 5. The van der Waals surface area contributed by atoms with E-state index in [0.717, 1.165) is 16.2 Å². The number of carboxylic acid groups (broad SMARTS) is 1. The van der Waals surface area contributed by atoms with Gasteiger partial charge in [-0.15, -0.1) is 11.8 Å². The number of hydrogen-bond donors (Lipinski definition) is 2. The molecule has 0 aromatic carbocycles. The number of carboxylic acids is 1. The highest BCUT2D eigenvalue weighted by atomic mass is 32.2. The first-order valence-electron chi connectivity index (χ1n) is 6.51. The molecule has 1 aliphatic heterocycles. The predicted molar refractivity (Wildman–Crippen MR) is 80.0 cm³/mol. The first-order valence-corrected chi connectivity index (χ1v) is 7.50. The lowest BCUT2D eigenvalue weighted by Crippen LogP contribution is -2.51. The number of pyridine rings is 1. The number of hydrogen-bond acceptors (Lipinski definition) is 6. The minimum atomic E-state index is -1.11. The van der Waals surface area contributed by atoms with Gasteiger partial charge in [0, 0.05) is 37.5 Å². The second kappa shape index (κ2) is 6.42. The Kier molecular flexibility index (Phi) is 4.81. The highest BCUT2D eigenvalue weighted by molar-refractivity contribution is 7.99. The van der Waals surface area contributed by atoms with Crippen molar-refractivity contribution in [1.82, 2.24) is 9.99 Å². The number of aromatic nitrogens is 1. The molecule has 0 spiro atoms. The third-order valence-corrected chi connectivity index (χ3v) is 4.13. The molecular weight excluding hydrogens is 292 g/mol. The Morgan fingerprint density at radius 2 is 2.33 bits per heavy atom. The quantitative estimate of drug-likeness (QED) is 0.592. The number of nitrogens with zero attached hydrogens (tertiary/aromatic N) is 3. The Morgan fingerprint density at radius 1 is 1.62 bits per heavy atom. The minimum Gasteiger partial charge on any atom is -0.481 e. The summed E-state index contributed by atoms with van der Waals surface area (Å²) in [6.45, 7) is 0.557. The van der Waals surface area contributed by atoms with Crippen LogP contribution in [-0.4, -0.2) is 53.4 Å². The van der Waals surface area contributed by atoms with Gasteiger partial charge in [0.1, 0.15) is 5.92 Å². The zero-order valence-electron chi connectivity index (χ0n) is 11.9. The number of carbonyl (C=O) groups excluding carboxylic acids is 1. The zero-order chi connectivity index (χ0) is 15.6. The van der Waals surface area contributed by atoms with E-state index in [1.165, 1.54) is 5.01 Å². The van der Waals surface area contributed by atoms with Crippen LogP contribution < -0.4 is 10.7 Å². The molecule has 1 aromatic rings. The lowest BCUT2D eigenvalue weighted by Gasteiger charge is -2.35. The van der Waals surface area contributed by atoms with E-state index in [2.05, 4.69) is 4.98 Å². The lowest BCUT2D eigenvalue weighted by molar-refractivity contribution is -0.147. The molecule has 3 N–H and O–H groups in total. The largest absolute Gasteiger partial charge is 0.481 e. The van der Waals surface area contributed by atoms with Gasteiger partial charge in [0.25, 0.3) is 5.91 Å². The lowest BCUT2D eigenvalue weighted by atomic mass is 9.95. The normalized spacial score (nSPS) is 18.0. The van der Waals surface area contributed by atoms with Crippen LogP contribution in [0, 0.1) is 5.92 Å². The number of fused-ring (bicyclic) bond motifs is 1. The van der Waals surface area contributed by atoms with Crippen LogP contribution in [0.15, 0.2) is 17.2 Å². The summed E-state index contributed by atoms with van der Waals surface area (Å²) in [6.07, 6.45) is 1.85. The number of carbonyl (C=O) groups is 2. The molecule has 0 saturated heterocycles. The first kappa shape index (κ1) is 15.7. The fourth-order valence-corrected chi connectivity index (χ4v) is 2.92. The zero-order valence-corrected chi connectivity index (χ0v) is 12.8. The summed E-state index contributed by atoms with van der Waals surface area (Å²) < 4.78 is 0. The second-order valence-corrected chi connectivity index (χ2v) is 6.05. The van der Waals surface area contributed by atoms with Gasteiger partial charge in [-0.3, -0.25) is 9.59 Å². The molecule has 1 aromatic heterocycles. The number of hydrazine groups is 1. The van der Waals surface area contributed by atoms with Crippen LogP contribution in [0.25, 0.3) is 0 Å². The average Bonchev–Trinajstić information content (AvgIpc) is 2.43. The van der Waals surface area contributed by atoms with Crippen molar-refractivity contribution < 1.29 is 14.7 Å². The monoisotopic (exact) mass is 310 g/mol. The Labute approximate surface area is 127 Å². The van der Waals surface area contributed by atoms with Gasteiger partial charge in [-0.25, -0.2) is 15.0 Å². The fraction of sp³-hybridized carbons (Fsp3) is 0.462. The molecule has 0 radical (unpaired) electrons. The maximum absolute atomic E-state index is 12.3. The Balaban J connectivity index is 2.40. The molecule has 2 heterocycles. The summed E-state index contributed by atoms with van der Waals surface area (Å²) in [5, 5.41) is 12.1. The summed E-state index contributed by atoms with van der Waals surface area (Å²) in [5.74, 6) is -1.39. The van der Waals surface area contributed by atoms with E-state index in [-0.39, 0.29) is 6.42 Å². The van der Waals surface area contributed by atoms with Gasteiger partial charge >= 0.3 is 5.97 Å². The highest BCUT2D eigenvalue weighted by Gasteiger charge is 2.39. The molecule has 2 rings (SSSR count). The van der Waals surface area contributed by atoms with Crippen molar-refractivity contribution in [1.29, 1.82) is 0 Å². The minimum absolute atomic E-state index is 0.165. The van der Waals surface area contributed by atoms with E-state index in [1.54, 1.807) is 37.1 Å². The molecule has 0 saturated carbocycles. The molecule has 0 aliphatic carbocycles. The summed E-state index contributed by atoms with van der Waals surface area (Å²) in [6, 6.07) is 1.89. The Bertz CT molecular complexity index is 564. The van der Waals surface area contributed by atoms with Crippen molar-refractivity contribution in [3.05, 3.63) is 17.8 Å². The third kappa shape index (κ3) is 3.17. The molecular formula is C13H18N4O3S. The molecule has 7 nitrogen and oxygen atoms in total. The number of amides is 1. The van der Waals surface area contributed by atoms with Gasteiger partial charge in [-0.2, -0.15) is 0 Å². The Morgan fingerprint density at radius 3 is 2.90 bits per heavy atom. The van der Waals surface area contributed by atoms with E-state index >= 15 is 0 Å². The molecule has 1 unspecified atom stereocenters. The van der Waals surface area contributed by atoms with Gasteiger partial charge in [-0.05, 0) is 18.1 Å². The summed E-state index contributed by atoms with van der Waals surface area (Å²) >= 11 is 1.56. The van der Waals surface area contributed by atoms with Crippen molar-refractivity contribution in [2.24, 2.45) is 11.7 Å². The van der Waals surface area contributed by atoms with Crippen molar-refractivity contribution in [2.75, 3.05) is 31.4 Å². The van der Waals surface area contributed by atoms with Crippen LogP contribution in [0.2, 0.25) is 0 Å². The summed E-state index contributed by atoms with van der Waals surface area (Å²) in [4.78, 5) is 28.8. The van der Waals surface area contributed by atoms with E-state index in [1.807, 2.05) is 6.07 Å². The standard InChI is InChI=1S/C13H18N4O3S/c1-16(2)17-11-8(6-10(12(17)18)13(19)20)5-9(7-15-11)21-4-3-14/h5,7,10H,3-4,6,14H2,1-2H3,(H,19,20). The van der Waals surface area contributed by atoms with Crippen LogP contribution >= 0.6 is 11.8 Å². The van der Waals surface area contributed by atoms with E-state index in [9.17, 15) is 14.7 Å². The predicted octanol–water partition coefficient (Wildman–Crippen LogP) is 0.199. The summed E-state index contributed by atoms with van der Waals surface area (Å²) in [5.41, 5.74) is 6.24. The topological polar surface area (TPSA) is 99.8 Å². The third-order valence-electron chi connectivity index (χ3n) is 3.13. The van der Waals surface area contributed by atoms with E-state index < -0.39 is 17.8 Å². The number of thioether (sulfide) groups is 1. The second-order valence-electron chi connectivity index (χ2n) is 4.88. The van der Waals surface area contributed by atoms with Crippen LogP contribution in [0.1, 0.15) is 5.56 Å². The molecule has 1 aliphatic rings. The van der Waals surface area contributed by atoms with Gasteiger partial charge in [0.15, 0.2) is 5.82 Å². The van der Waals surface area contributed by atoms with Crippen molar-refractivity contribution in [3.8, 4) is 0 Å². The molecule has 114 valence electrons. The van der Waals surface area contributed by atoms with Crippen molar-refractivity contribution in [2.45, 2.75) is 11.3 Å². The van der Waals surface area contributed by atoms with Gasteiger partial charge < -0.3 is 10.8 Å². The fourth-order valence-electron chi connectivity index (χ4n) is 2.22. The molecule has 21 heavy (non-hydrogen) atoms. The summed E-state index contributed by atoms with van der Waals surface area (Å²) in [7, 11) is 3.37. The maximum atomic E-state index is 12.3. The van der Waals surface area contributed by atoms with Gasteiger partial charge in [0.05, 0.1) is 0 Å². The van der Waals surface area contributed by atoms with Crippen LogP contribution in [0.5, 0.6) is 0 Å². The number of aliphatic carboxylic acids is 1. The number of anilines is 1. The average molecular weight is 310 g/mol. The van der Waals surface area contributed by atoms with Gasteiger partial charge in [-0.1, -0.05) is 0 Å². The molecule has 0 bridgehead atoms. The van der Waals surface area contributed by atoms with Crippen molar-refractivity contribution in [3.63, 3.8) is 0 Å². The van der Waals surface area contributed by atoms with Crippen LogP contribution in [0.4, 0.5) is 5.82 Å². The highest BCUT2D eigenvalue weighted by Crippen LogP contribution is 2.32. The van der Waals surface area contributed by atoms with Gasteiger partial charge in [0.2, 0.25) is 0 Å². The molecule has 1 amide bonds. The van der Waals surface area contributed by atoms with Crippen LogP contribution in [0.3, 0.4) is 0 Å². The van der Waals surface area contributed by atoms with E-state index in [0.29, 0.717) is 12.4 Å². The van der Waals surface area contributed by atoms with E-state index in [4.69, 9.17) is 5.73 Å². The Hall–Kier alpha value is -1.64. The first-order chi connectivity index (χ1) is 9.95. The molecule has 1 atom stereocenters. The SMILES string of the molecule is CN(C)N1C(=O)C(C(=O)O)Cc2cc(SCCN)cnc21. The molecule has 8 heteroatoms. The smallest absolute Gasteiger partial charge is 0.316 e. The molecule has 0 fully saturated rings. The number of nitrogens with two attached hydrogens (primary N) is 1. The van der Waals surface area contributed by atoms with Crippen LogP contribution in [-0.2, 0) is 16.0 Å².